The molecule has 0 aliphatic heterocycles. The molecule has 0 aliphatic carbocycles. The summed E-state index contributed by atoms with van der Waals surface area (Å²) in [5.74, 6) is -0.373. The Balaban J connectivity index is 3.91. The van der Waals surface area contributed by atoms with Crippen LogP contribution < -0.4 is 11.1 Å². The molecule has 3 amide bonds. The molecular formula is C10H21N3O3. The monoisotopic (exact) mass is 231 g/mol. The lowest BCUT2D eigenvalue weighted by molar-refractivity contribution is -0.120. The third-order valence-corrected chi connectivity index (χ3v) is 2.22. The molecule has 0 radical (unpaired) electrons. The van der Waals surface area contributed by atoms with Crippen molar-refractivity contribution in [2.75, 3.05) is 19.7 Å². The van der Waals surface area contributed by atoms with E-state index in [1.165, 1.54) is 0 Å². The molecule has 0 spiro atoms. The predicted octanol–water partition coefficient (Wildman–Crippen LogP) is -0.336. The SMILES string of the molecule is CC(C)N(CCCO)CCC(=O)NC(N)=O. The third kappa shape index (κ3) is 7.19. The molecule has 0 saturated carbocycles. The van der Waals surface area contributed by atoms with Gasteiger partial charge in [0, 0.05) is 32.2 Å². The number of rotatable bonds is 7. The average Bonchev–Trinajstić information content (AvgIpc) is 2.16. The summed E-state index contributed by atoms with van der Waals surface area (Å²) in [6.07, 6.45) is 0.905. The first kappa shape index (κ1) is 14.9. The van der Waals surface area contributed by atoms with Crippen molar-refractivity contribution in [2.45, 2.75) is 32.7 Å². The minimum atomic E-state index is -0.823. The van der Waals surface area contributed by atoms with Crippen molar-refractivity contribution in [1.82, 2.24) is 10.2 Å². The van der Waals surface area contributed by atoms with E-state index in [1.54, 1.807) is 0 Å². The van der Waals surface area contributed by atoms with Crippen molar-refractivity contribution in [3.8, 4) is 0 Å². The lowest BCUT2D eigenvalue weighted by Crippen LogP contribution is -2.39. The summed E-state index contributed by atoms with van der Waals surface area (Å²) in [5, 5.41) is 10.7. The van der Waals surface area contributed by atoms with Crippen LogP contribution in [0.2, 0.25) is 0 Å². The van der Waals surface area contributed by atoms with Crippen LogP contribution in [-0.2, 0) is 4.79 Å². The molecule has 0 unspecified atom stereocenters. The molecule has 0 rings (SSSR count). The Kier molecular flexibility index (Phi) is 7.49. The molecule has 0 bridgehead atoms. The standard InChI is InChI=1S/C10H21N3O3/c1-8(2)13(5-3-7-14)6-4-9(15)12-10(11)16/h8,14H,3-7H2,1-2H3,(H3,11,12,15,16). The van der Waals surface area contributed by atoms with Crippen LogP contribution >= 0.6 is 0 Å². The first-order valence-electron chi connectivity index (χ1n) is 5.41. The van der Waals surface area contributed by atoms with Crippen LogP contribution in [0.3, 0.4) is 0 Å². The molecule has 0 aromatic rings. The first-order chi connectivity index (χ1) is 7.47. The van der Waals surface area contributed by atoms with Gasteiger partial charge in [0.1, 0.15) is 0 Å². The highest BCUT2D eigenvalue weighted by Gasteiger charge is 2.11. The Bertz CT molecular complexity index is 231. The largest absolute Gasteiger partial charge is 0.396 e. The highest BCUT2D eigenvalue weighted by Crippen LogP contribution is 2.01. The summed E-state index contributed by atoms with van der Waals surface area (Å²) < 4.78 is 0. The third-order valence-electron chi connectivity index (χ3n) is 2.22. The zero-order chi connectivity index (χ0) is 12.6. The van der Waals surface area contributed by atoms with Gasteiger partial charge in [-0.3, -0.25) is 10.1 Å². The molecule has 0 aliphatic rings. The number of aliphatic hydroxyl groups is 1. The Morgan fingerprint density at radius 3 is 2.44 bits per heavy atom. The molecular weight excluding hydrogens is 210 g/mol. The number of imide groups is 1. The Labute approximate surface area is 95.8 Å². The highest BCUT2D eigenvalue weighted by molar-refractivity contribution is 5.93. The van der Waals surface area contributed by atoms with Crippen LogP contribution in [0, 0.1) is 0 Å². The van der Waals surface area contributed by atoms with E-state index in [-0.39, 0.29) is 18.9 Å². The Morgan fingerprint density at radius 1 is 1.38 bits per heavy atom. The van der Waals surface area contributed by atoms with E-state index in [2.05, 4.69) is 4.90 Å². The lowest BCUT2D eigenvalue weighted by atomic mass is 10.2. The van der Waals surface area contributed by atoms with Gasteiger partial charge in [-0.1, -0.05) is 0 Å². The van der Waals surface area contributed by atoms with Crippen molar-refractivity contribution in [2.24, 2.45) is 5.73 Å². The number of nitrogens with one attached hydrogen (secondary N) is 1. The molecule has 0 fully saturated rings. The first-order valence-corrected chi connectivity index (χ1v) is 5.41. The lowest BCUT2D eigenvalue weighted by Gasteiger charge is -2.25. The number of hydrogen-bond donors (Lipinski definition) is 3. The Morgan fingerprint density at radius 2 is 2.00 bits per heavy atom. The van der Waals surface area contributed by atoms with Crippen LogP contribution in [0.5, 0.6) is 0 Å². The number of primary amides is 1. The second-order valence-corrected chi connectivity index (χ2v) is 3.87. The van der Waals surface area contributed by atoms with Gasteiger partial charge in [0.2, 0.25) is 5.91 Å². The van der Waals surface area contributed by atoms with E-state index in [0.29, 0.717) is 19.0 Å². The summed E-state index contributed by atoms with van der Waals surface area (Å²) >= 11 is 0. The van der Waals surface area contributed by atoms with E-state index < -0.39 is 6.03 Å². The maximum atomic E-state index is 11.2. The number of nitrogens with two attached hydrogens (primary N) is 1. The van der Waals surface area contributed by atoms with Crippen LogP contribution in [0.15, 0.2) is 0 Å². The van der Waals surface area contributed by atoms with E-state index in [9.17, 15) is 9.59 Å². The maximum absolute atomic E-state index is 11.2. The summed E-state index contributed by atoms with van der Waals surface area (Å²) in [6, 6.07) is -0.524. The van der Waals surface area contributed by atoms with Gasteiger partial charge in [-0.05, 0) is 20.3 Å². The van der Waals surface area contributed by atoms with Crippen molar-refractivity contribution in [3.05, 3.63) is 0 Å². The number of urea groups is 1. The molecule has 94 valence electrons. The fourth-order valence-corrected chi connectivity index (χ4v) is 1.35. The van der Waals surface area contributed by atoms with Crippen LogP contribution in [0.25, 0.3) is 0 Å². The fraction of sp³-hybridized carbons (Fsp3) is 0.800. The number of nitrogens with zero attached hydrogens (tertiary/aromatic N) is 1. The Hall–Kier alpha value is -1.14. The zero-order valence-electron chi connectivity index (χ0n) is 9.90. The number of carbonyl (C=O) groups excluding carboxylic acids is 2. The summed E-state index contributed by atoms with van der Waals surface area (Å²) in [4.78, 5) is 23.6. The van der Waals surface area contributed by atoms with Crippen molar-refractivity contribution < 1.29 is 14.7 Å². The molecule has 0 atom stereocenters. The van der Waals surface area contributed by atoms with Crippen LogP contribution in [0.1, 0.15) is 26.7 Å². The molecule has 0 aromatic heterocycles. The number of carbonyl (C=O) groups is 2. The van der Waals surface area contributed by atoms with Gasteiger partial charge in [-0.2, -0.15) is 0 Å². The predicted molar refractivity (Wildman–Crippen MR) is 60.8 cm³/mol. The second-order valence-electron chi connectivity index (χ2n) is 3.87. The van der Waals surface area contributed by atoms with Crippen molar-refractivity contribution >= 4 is 11.9 Å². The van der Waals surface area contributed by atoms with Crippen molar-refractivity contribution in [3.63, 3.8) is 0 Å². The maximum Gasteiger partial charge on any atom is 0.318 e. The summed E-state index contributed by atoms with van der Waals surface area (Å²) in [7, 11) is 0. The molecule has 6 nitrogen and oxygen atoms in total. The zero-order valence-corrected chi connectivity index (χ0v) is 9.90. The van der Waals surface area contributed by atoms with Crippen molar-refractivity contribution in [1.29, 1.82) is 0 Å². The van der Waals surface area contributed by atoms with Gasteiger partial charge in [0.25, 0.3) is 0 Å². The number of hydrogen-bond acceptors (Lipinski definition) is 4. The summed E-state index contributed by atoms with van der Waals surface area (Å²) in [5.41, 5.74) is 4.82. The number of aliphatic hydroxyl groups excluding tert-OH is 1. The quantitative estimate of drug-likeness (QED) is 0.558. The molecule has 0 aromatic carbocycles. The minimum absolute atomic E-state index is 0.136. The normalized spacial score (nSPS) is 10.8. The highest BCUT2D eigenvalue weighted by atomic mass is 16.3. The van der Waals surface area contributed by atoms with Gasteiger partial charge in [0.05, 0.1) is 0 Å². The minimum Gasteiger partial charge on any atom is -0.396 e. The van der Waals surface area contributed by atoms with Gasteiger partial charge in [0.15, 0.2) is 0 Å². The topological polar surface area (TPSA) is 95.7 Å². The van der Waals surface area contributed by atoms with Gasteiger partial charge >= 0.3 is 6.03 Å². The number of amides is 3. The smallest absolute Gasteiger partial charge is 0.318 e. The van der Waals surface area contributed by atoms with Gasteiger partial charge in [-0.25, -0.2) is 4.79 Å². The molecule has 0 saturated heterocycles. The molecule has 16 heavy (non-hydrogen) atoms. The van der Waals surface area contributed by atoms with Gasteiger partial charge in [-0.15, -0.1) is 0 Å². The average molecular weight is 231 g/mol. The van der Waals surface area contributed by atoms with E-state index >= 15 is 0 Å². The van der Waals surface area contributed by atoms with Crippen LogP contribution in [-0.4, -0.2) is 47.7 Å². The van der Waals surface area contributed by atoms with Gasteiger partial charge < -0.3 is 15.7 Å². The van der Waals surface area contributed by atoms with E-state index in [0.717, 1.165) is 6.54 Å². The molecule has 4 N–H and O–H groups in total. The fourth-order valence-electron chi connectivity index (χ4n) is 1.35. The molecule has 6 heteroatoms. The molecule has 0 heterocycles. The van der Waals surface area contributed by atoms with E-state index in [4.69, 9.17) is 10.8 Å². The summed E-state index contributed by atoms with van der Waals surface area (Å²) in [6.45, 7) is 5.46. The second kappa shape index (κ2) is 8.06. The van der Waals surface area contributed by atoms with E-state index in [1.807, 2.05) is 19.2 Å². The van der Waals surface area contributed by atoms with Crippen LogP contribution in [0.4, 0.5) is 4.79 Å².